The van der Waals surface area contributed by atoms with E-state index in [9.17, 15) is 4.79 Å². The lowest BCUT2D eigenvalue weighted by Gasteiger charge is -2.38. The average molecular weight is 533 g/mol. The van der Waals surface area contributed by atoms with Gasteiger partial charge in [0.1, 0.15) is 0 Å². The molecule has 0 bridgehead atoms. The maximum absolute atomic E-state index is 13.0. The van der Waals surface area contributed by atoms with Gasteiger partial charge in [-0.2, -0.15) is 11.3 Å². The molecule has 2 aliphatic rings. The van der Waals surface area contributed by atoms with E-state index in [1.54, 1.807) is 24.6 Å². The van der Waals surface area contributed by atoms with E-state index in [2.05, 4.69) is 64.4 Å². The van der Waals surface area contributed by atoms with Gasteiger partial charge in [0.15, 0.2) is 0 Å². The molecule has 0 unspecified atom stereocenters. The number of hydrogen-bond donors (Lipinski definition) is 2. The standard InChI is InChI=1S/C31H40N4O2S/c1-35(15-16-37-2)27-10-4-22(5-11-27)18-29(36)34-26-19-28(24-12-17-38-21-24)30(33-20-26)23-6-8-25(9-7-23)31(32)13-3-14-31/h6-9,12,17,19-22,27H,3-5,10-11,13-16,18,32H2,1-2H3,(H,34,36). The van der Waals surface area contributed by atoms with Crippen molar-refractivity contribution in [2.75, 3.05) is 32.6 Å². The molecule has 3 aromatic rings. The van der Waals surface area contributed by atoms with Gasteiger partial charge in [-0.05, 0) is 91.9 Å². The second-order valence-electron chi connectivity index (χ2n) is 11.1. The number of benzene rings is 1. The molecule has 2 aromatic heterocycles. The van der Waals surface area contributed by atoms with Crippen molar-refractivity contribution in [1.82, 2.24) is 9.88 Å². The minimum atomic E-state index is -0.171. The zero-order valence-electron chi connectivity index (χ0n) is 22.6. The summed E-state index contributed by atoms with van der Waals surface area (Å²) in [5, 5.41) is 7.34. The quantitative estimate of drug-likeness (QED) is 0.321. The van der Waals surface area contributed by atoms with E-state index in [0.717, 1.165) is 79.7 Å². The van der Waals surface area contributed by atoms with Gasteiger partial charge in [-0.25, -0.2) is 0 Å². The molecule has 6 nitrogen and oxygen atoms in total. The summed E-state index contributed by atoms with van der Waals surface area (Å²) in [7, 11) is 3.93. The highest BCUT2D eigenvalue weighted by Gasteiger charge is 2.34. The Morgan fingerprint density at radius 3 is 2.55 bits per heavy atom. The number of nitrogens with two attached hydrogens (primary N) is 1. The number of aromatic nitrogens is 1. The second-order valence-corrected chi connectivity index (χ2v) is 11.9. The highest BCUT2D eigenvalue weighted by atomic mass is 32.1. The van der Waals surface area contributed by atoms with E-state index in [1.165, 1.54) is 12.0 Å². The lowest BCUT2D eigenvalue weighted by atomic mass is 9.72. The fourth-order valence-electron chi connectivity index (χ4n) is 5.89. The lowest BCUT2D eigenvalue weighted by molar-refractivity contribution is -0.117. The molecule has 0 atom stereocenters. The first kappa shape index (κ1) is 27.0. The number of amides is 1. The smallest absolute Gasteiger partial charge is 0.224 e. The number of thiophene rings is 1. The van der Waals surface area contributed by atoms with Crippen molar-refractivity contribution in [2.24, 2.45) is 11.7 Å². The summed E-state index contributed by atoms with van der Waals surface area (Å²) in [6.45, 7) is 1.72. The molecule has 2 heterocycles. The summed E-state index contributed by atoms with van der Waals surface area (Å²) in [4.78, 5) is 20.2. The van der Waals surface area contributed by atoms with Crippen LogP contribution in [0.2, 0.25) is 0 Å². The lowest BCUT2D eigenvalue weighted by Crippen LogP contribution is -2.43. The van der Waals surface area contributed by atoms with Crippen LogP contribution in [0.25, 0.3) is 22.4 Å². The SMILES string of the molecule is COCCN(C)C1CCC(CC(=O)Nc2cnc(-c3ccc(C4(N)CCC4)cc3)c(-c3ccsc3)c2)CC1. The van der Waals surface area contributed by atoms with Gasteiger partial charge in [-0.1, -0.05) is 24.3 Å². The maximum atomic E-state index is 13.0. The van der Waals surface area contributed by atoms with Crippen molar-refractivity contribution in [3.63, 3.8) is 0 Å². The van der Waals surface area contributed by atoms with Crippen LogP contribution in [0.3, 0.4) is 0 Å². The Morgan fingerprint density at radius 2 is 1.92 bits per heavy atom. The number of ether oxygens (including phenoxy) is 1. The number of likely N-dealkylation sites (N-methyl/N-ethyl adjacent to an activating group) is 1. The number of carbonyl (C=O) groups is 1. The molecule has 2 saturated carbocycles. The molecular formula is C31H40N4O2S. The van der Waals surface area contributed by atoms with Crippen LogP contribution in [0.4, 0.5) is 5.69 Å². The van der Waals surface area contributed by atoms with Crippen LogP contribution in [0.1, 0.15) is 56.9 Å². The van der Waals surface area contributed by atoms with Crippen LogP contribution in [0.5, 0.6) is 0 Å². The molecular weight excluding hydrogens is 492 g/mol. The van der Waals surface area contributed by atoms with Crippen LogP contribution in [0.15, 0.2) is 53.4 Å². The third-order valence-electron chi connectivity index (χ3n) is 8.54. The maximum Gasteiger partial charge on any atom is 0.224 e. The summed E-state index contributed by atoms with van der Waals surface area (Å²) in [5.74, 6) is 0.510. The minimum absolute atomic E-state index is 0.0742. The van der Waals surface area contributed by atoms with E-state index in [-0.39, 0.29) is 11.4 Å². The van der Waals surface area contributed by atoms with Crippen LogP contribution < -0.4 is 11.1 Å². The molecule has 7 heteroatoms. The topological polar surface area (TPSA) is 80.5 Å². The van der Waals surface area contributed by atoms with E-state index < -0.39 is 0 Å². The number of carbonyl (C=O) groups excluding carboxylic acids is 1. The number of hydrogen-bond acceptors (Lipinski definition) is 6. The van der Waals surface area contributed by atoms with Gasteiger partial charge in [-0.3, -0.25) is 9.78 Å². The molecule has 38 heavy (non-hydrogen) atoms. The van der Waals surface area contributed by atoms with E-state index in [0.29, 0.717) is 18.4 Å². The van der Waals surface area contributed by atoms with Gasteiger partial charge < -0.3 is 20.7 Å². The molecule has 202 valence electrons. The Hall–Kier alpha value is -2.58. The molecule has 1 aromatic carbocycles. The Balaban J connectivity index is 1.24. The van der Waals surface area contributed by atoms with Gasteiger partial charge in [0.25, 0.3) is 0 Å². The molecule has 2 aliphatic carbocycles. The van der Waals surface area contributed by atoms with E-state index >= 15 is 0 Å². The van der Waals surface area contributed by atoms with Crippen LogP contribution in [0, 0.1) is 5.92 Å². The van der Waals surface area contributed by atoms with Crippen molar-refractivity contribution in [2.45, 2.75) is 62.9 Å². The number of nitrogens with zero attached hydrogens (tertiary/aromatic N) is 2. The zero-order chi connectivity index (χ0) is 26.5. The van der Waals surface area contributed by atoms with Gasteiger partial charge in [0.2, 0.25) is 5.91 Å². The predicted octanol–water partition coefficient (Wildman–Crippen LogP) is 6.28. The van der Waals surface area contributed by atoms with Crippen molar-refractivity contribution >= 4 is 22.9 Å². The summed E-state index contributed by atoms with van der Waals surface area (Å²) in [6.07, 6.45) is 10.1. The van der Waals surface area contributed by atoms with Gasteiger partial charge in [-0.15, -0.1) is 0 Å². The first-order chi connectivity index (χ1) is 18.4. The Morgan fingerprint density at radius 1 is 1.16 bits per heavy atom. The fourth-order valence-corrected chi connectivity index (χ4v) is 6.55. The molecule has 2 fully saturated rings. The summed E-state index contributed by atoms with van der Waals surface area (Å²) in [5.41, 5.74) is 12.4. The third-order valence-corrected chi connectivity index (χ3v) is 9.23. The van der Waals surface area contributed by atoms with Crippen LogP contribution in [-0.4, -0.2) is 49.1 Å². The Bertz CT molecular complexity index is 1200. The number of pyridine rings is 1. The summed E-state index contributed by atoms with van der Waals surface area (Å²) in [6, 6.07) is 13.3. The largest absolute Gasteiger partial charge is 0.383 e. The van der Waals surface area contributed by atoms with E-state index in [4.69, 9.17) is 15.5 Å². The van der Waals surface area contributed by atoms with Crippen molar-refractivity contribution in [1.29, 1.82) is 0 Å². The zero-order valence-corrected chi connectivity index (χ0v) is 23.4. The number of anilines is 1. The number of nitrogens with one attached hydrogen (secondary N) is 1. The fraction of sp³-hybridized carbons (Fsp3) is 0.484. The Labute approximate surface area is 230 Å². The first-order valence-corrected chi connectivity index (χ1v) is 14.8. The number of rotatable bonds is 10. The molecule has 0 saturated heterocycles. The molecule has 0 spiro atoms. The molecule has 5 rings (SSSR count). The van der Waals surface area contributed by atoms with Crippen molar-refractivity contribution < 1.29 is 9.53 Å². The number of methoxy groups -OCH3 is 1. The Kier molecular flexibility index (Phi) is 8.58. The normalized spacial score (nSPS) is 20.7. The van der Waals surface area contributed by atoms with Crippen LogP contribution in [-0.2, 0) is 15.1 Å². The van der Waals surface area contributed by atoms with Crippen molar-refractivity contribution in [3.8, 4) is 22.4 Å². The van der Waals surface area contributed by atoms with Gasteiger partial charge in [0.05, 0.1) is 24.2 Å². The summed E-state index contributed by atoms with van der Waals surface area (Å²) >= 11 is 1.66. The molecule has 1 amide bonds. The molecule has 0 radical (unpaired) electrons. The minimum Gasteiger partial charge on any atom is -0.383 e. The molecule has 0 aliphatic heterocycles. The van der Waals surface area contributed by atoms with Crippen LogP contribution >= 0.6 is 11.3 Å². The second kappa shape index (κ2) is 12.1. The monoisotopic (exact) mass is 532 g/mol. The predicted molar refractivity (Wildman–Crippen MR) is 156 cm³/mol. The first-order valence-electron chi connectivity index (χ1n) is 13.9. The van der Waals surface area contributed by atoms with Crippen molar-refractivity contribution in [3.05, 3.63) is 58.9 Å². The third kappa shape index (κ3) is 6.18. The van der Waals surface area contributed by atoms with E-state index in [1.807, 2.05) is 0 Å². The average Bonchev–Trinajstić information content (AvgIpc) is 3.46. The molecule has 3 N–H and O–H groups in total. The highest BCUT2D eigenvalue weighted by molar-refractivity contribution is 7.08. The van der Waals surface area contributed by atoms with Gasteiger partial charge in [0, 0.05) is 42.8 Å². The van der Waals surface area contributed by atoms with Gasteiger partial charge >= 0.3 is 0 Å². The highest BCUT2D eigenvalue weighted by Crippen LogP contribution is 2.40. The summed E-state index contributed by atoms with van der Waals surface area (Å²) < 4.78 is 5.22.